The number of carboxylic acids is 1. The third-order valence-electron chi connectivity index (χ3n) is 2.22. The Hall–Kier alpha value is -1.60. The van der Waals surface area contributed by atoms with Crippen LogP contribution in [0.4, 0.5) is 5.69 Å². The molecule has 1 atom stereocenters. The van der Waals surface area contributed by atoms with E-state index < -0.39 is 12.0 Å². The number of nitrogens with zero attached hydrogens (tertiary/aromatic N) is 1. The van der Waals surface area contributed by atoms with Crippen molar-refractivity contribution in [2.24, 2.45) is 5.73 Å². The molecule has 98 valence electrons. The van der Waals surface area contributed by atoms with Gasteiger partial charge in [-0.2, -0.15) is 11.8 Å². The van der Waals surface area contributed by atoms with Gasteiger partial charge in [-0.05, 0) is 24.5 Å². The Morgan fingerprint density at radius 1 is 1.56 bits per heavy atom. The van der Waals surface area contributed by atoms with Gasteiger partial charge in [0.25, 0.3) is 0 Å². The van der Waals surface area contributed by atoms with E-state index in [4.69, 9.17) is 10.8 Å². The standard InChI is InChI=1S/C11H15N3O3S/c1-18-3-2-9(12)10(15)14-8-4-7(11(16)17)5-13-6-8/h4-6,9H,2-3,12H2,1H3,(H,14,15)(H,16,17)/t9-/m1/s1. The van der Waals surface area contributed by atoms with Crippen molar-refractivity contribution < 1.29 is 14.7 Å². The molecule has 0 aliphatic carbocycles. The molecule has 6 nitrogen and oxygen atoms in total. The molecule has 0 saturated carbocycles. The summed E-state index contributed by atoms with van der Waals surface area (Å²) < 4.78 is 0. The summed E-state index contributed by atoms with van der Waals surface area (Å²) in [6.45, 7) is 0. The second-order valence-electron chi connectivity index (χ2n) is 3.64. The van der Waals surface area contributed by atoms with Crippen molar-refractivity contribution in [2.75, 3.05) is 17.3 Å². The second kappa shape index (κ2) is 6.97. The molecular weight excluding hydrogens is 254 g/mol. The van der Waals surface area contributed by atoms with Gasteiger partial charge in [0.05, 0.1) is 23.5 Å². The van der Waals surface area contributed by atoms with Crippen molar-refractivity contribution in [1.29, 1.82) is 0 Å². The lowest BCUT2D eigenvalue weighted by Crippen LogP contribution is -2.36. The molecule has 1 heterocycles. The molecule has 0 aliphatic heterocycles. The first-order valence-corrected chi connectivity index (χ1v) is 6.67. The van der Waals surface area contributed by atoms with Crippen molar-refractivity contribution in [3.8, 4) is 0 Å². The summed E-state index contributed by atoms with van der Waals surface area (Å²) in [7, 11) is 0. The Kier molecular flexibility index (Phi) is 5.60. The molecule has 0 aromatic carbocycles. The number of pyridine rings is 1. The molecule has 0 spiro atoms. The van der Waals surface area contributed by atoms with E-state index in [1.807, 2.05) is 6.26 Å². The zero-order valence-corrected chi connectivity index (χ0v) is 10.7. The largest absolute Gasteiger partial charge is 0.478 e. The molecule has 7 heteroatoms. The molecule has 4 N–H and O–H groups in total. The maximum atomic E-state index is 11.7. The van der Waals surface area contributed by atoms with Crippen molar-refractivity contribution in [3.63, 3.8) is 0 Å². The predicted molar refractivity (Wildman–Crippen MR) is 70.8 cm³/mol. The van der Waals surface area contributed by atoms with Gasteiger partial charge >= 0.3 is 5.97 Å². The van der Waals surface area contributed by atoms with E-state index >= 15 is 0 Å². The monoisotopic (exact) mass is 269 g/mol. The molecule has 0 aliphatic rings. The Morgan fingerprint density at radius 2 is 2.28 bits per heavy atom. The van der Waals surface area contributed by atoms with Crippen molar-refractivity contribution in [1.82, 2.24) is 4.98 Å². The number of hydrogen-bond acceptors (Lipinski definition) is 5. The minimum atomic E-state index is -1.09. The number of thioether (sulfide) groups is 1. The molecule has 0 saturated heterocycles. The van der Waals surface area contributed by atoms with Gasteiger partial charge in [0.2, 0.25) is 5.91 Å². The Balaban J connectivity index is 2.64. The summed E-state index contributed by atoms with van der Waals surface area (Å²) in [5, 5.41) is 11.3. The Bertz CT molecular complexity index is 439. The maximum absolute atomic E-state index is 11.7. The summed E-state index contributed by atoms with van der Waals surface area (Å²) >= 11 is 1.61. The number of amides is 1. The van der Waals surface area contributed by atoms with E-state index in [0.29, 0.717) is 12.1 Å². The highest BCUT2D eigenvalue weighted by Crippen LogP contribution is 2.09. The van der Waals surface area contributed by atoms with Crippen LogP contribution in [0.2, 0.25) is 0 Å². The van der Waals surface area contributed by atoms with Gasteiger partial charge in [-0.15, -0.1) is 0 Å². The number of hydrogen-bond donors (Lipinski definition) is 3. The number of nitrogens with one attached hydrogen (secondary N) is 1. The summed E-state index contributed by atoms with van der Waals surface area (Å²) in [6, 6.07) is 0.736. The first-order chi connectivity index (χ1) is 8.54. The van der Waals surface area contributed by atoms with Crippen LogP contribution in [0, 0.1) is 0 Å². The van der Waals surface area contributed by atoms with E-state index in [0.717, 1.165) is 5.75 Å². The van der Waals surface area contributed by atoms with Crippen molar-refractivity contribution in [3.05, 3.63) is 24.0 Å². The molecule has 1 aromatic heterocycles. The van der Waals surface area contributed by atoms with Crippen LogP contribution in [-0.4, -0.2) is 40.0 Å². The fourth-order valence-corrected chi connectivity index (χ4v) is 1.73. The predicted octanol–water partition coefficient (Wildman–Crippen LogP) is 0.799. The van der Waals surface area contributed by atoms with Crippen LogP contribution in [-0.2, 0) is 4.79 Å². The summed E-state index contributed by atoms with van der Waals surface area (Å²) in [5.74, 6) is -0.638. The quantitative estimate of drug-likeness (QED) is 0.705. The number of carboxylic acid groups (broad SMARTS) is 1. The first kappa shape index (κ1) is 14.5. The summed E-state index contributed by atoms with van der Waals surface area (Å²) in [6.07, 6.45) is 5.10. The fraction of sp³-hybridized carbons (Fsp3) is 0.364. The third-order valence-corrected chi connectivity index (χ3v) is 2.87. The highest BCUT2D eigenvalue weighted by molar-refractivity contribution is 7.98. The number of nitrogens with two attached hydrogens (primary N) is 1. The average molecular weight is 269 g/mol. The Labute approximate surface area is 109 Å². The molecule has 1 aromatic rings. The van der Waals surface area contributed by atoms with Crippen LogP contribution in [0.15, 0.2) is 18.5 Å². The molecular formula is C11H15N3O3S. The maximum Gasteiger partial charge on any atom is 0.337 e. The van der Waals surface area contributed by atoms with Gasteiger partial charge in [-0.25, -0.2) is 4.79 Å². The van der Waals surface area contributed by atoms with E-state index in [1.165, 1.54) is 18.5 Å². The molecule has 0 radical (unpaired) electrons. The van der Waals surface area contributed by atoms with E-state index in [9.17, 15) is 9.59 Å². The topological polar surface area (TPSA) is 105 Å². The lowest BCUT2D eigenvalue weighted by molar-refractivity contribution is -0.117. The molecule has 1 amide bonds. The third kappa shape index (κ3) is 4.34. The van der Waals surface area contributed by atoms with Crippen LogP contribution in [0.1, 0.15) is 16.8 Å². The van der Waals surface area contributed by atoms with Gasteiger partial charge in [-0.3, -0.25) is 9.78 Å². The number of carbonyl (C=O) groups excluding carboxylic acids is 1. The van der Waals surface area contributed by atoms with Crippen LogP contribution in [0.5, 0.6) is 0 Å². The lowest BCUT2D eigenvalue weighted by atomic mass is 10.2. The molecule has 18 heavy (non-hydrogen) atoms. The summed E-state index contributed by atoms with van der Waals surface area (Å²) in [4.78, 5) is 26.2. The van der Waals surface area contributed by atoms with Gasteiger partial charge in [0, 0.05) is 6.20 Å². The molecule has 0 fully saturated rings. The number of carbonyl (C=O) groups is 2. The Morgan fingerprint density at radius 3 is 2.89 bits per heavy atom. The van der Waals surface area contributed by atoms with Gasteiger partial charge in [0.15, 0.2) is 0 Å². The van der Waals surface area contributed by atoms with Crippen LogP contribution in [0.25, 0.3) is 0 Å². The number of aromatic carboxylic acids is 1. The highest BCUT2D eigenvalue weighted by Gasteiger charge is 2.14. The van der Waals surface area contributed by atoms with Gasteiger partial charge < -0.3 is 16.2 Å². The van der Waals surface area contributed by atoms with Gasteiger partial charge in [0.1, 0.15) is 0 Å². The average Bonchev–Trinajstić information content (AvgIpc) is 2.36. The van der Waals surface area contributed by atoms with Gasteiger partial charge in [-0.1, -0.05) is 0 Å². The van der Waals surface area contributed by atoms with Crippen LogP contribution >= 0.6 is 11.8 Å². The molecule has 0 unspecified atom stereocenters. The highest BCUT2D eigenvalue weighted by atomic mass is 32.2. The van der Waals surface area contributed by atoms with E-state index in [-0.39, 0.29) is 11.5 Å². The minimum absolute atomic E-state index is 0.0190. The number of aromatic nitrogens is 1. The molecule has 0 bridgehead atoms. The SMILES string of the molecule is CSCC[C@@H](N)C(=O)Nc1cncc(C(=O)O)c1. The number of rotatable bonds is 6. The van der Waals surface area contributed by atoms with Crippen molar-refractivity contribution in [2.45, 2.75) is 12.5 Å². The van der Waals surface area contributed by atoms with E-state index in [1.54, 1.807) is 11.8 Å². The first-order valence-electron chi connectivity index (χ1n) is 5.28. The van der Waals surface area contributed by atoms with E-state index in [2.05, 4.69) is 10.3 Å². The zero-order chi connectivity index (χ0) is 13.5. The zero-order valence-electron chi connectivity index (χ0n) is 9.92. The minimum Gasteiger partial charge on any atom is -0.478 e. The van der Waals surface area contributed by atoms with Crippen LogP contribution < -0.4 is 11.1 Å². The lowest BCUT2D eigenvalue weighted by Gasteiger charge is -2.11. The number of anilines is 1. The van der Waals surface area contributed by atoms with Crippen molar-refractivity contribution >= 4 is 29.3 Å². The summed E-state index contributed by atoms with van der Waals surface area (Å²) in [5.41, 5.74) is 6.04. The normalized spacial score (nSPS) is 11.9. The molecule has 1 rings (SSSR count). The fourth-order valence-electron chi connectivity index (χ4n) is 1.24. The second-order valence-corrected chi connectivity index (χ2v) is 4.63. The smallest absolute Gasteiger partial charge is 0.337 e. The van der Waals surface area contributed by atoms with Crippen LogP contribution in [0.3, 0.4) is 0 Å².